The predicted molar refractivity (Wildman–Crippen MR) is 84.5 cm³/mol. The third-order valence-electron chi connectivity index (χ3n) is 3.84. The van der Waals surface area contributed by atoms with Crippen LogP contribution >= 0.6 is 0 Å². The number of fused-ring (bicyclic) bond motifs is 1. The molecule has 0 saturated heterocycles. The molecular weight excluding hydrogens is 264 g/mol. The fourth-order valence-electron chi connectivity index (χ4n) is 2.09. The molecule has 0 bridgehead atoms. The molecule has 0 saturated carbocycles. The van der Waals surface area contributed by atoms with Crippen molar-refractivity contribution in [1.82, 2.24) is 0 Å². The molecule has 0 aliphatic rings. The van der Waals surface area contributed by atoms with Crippen LogP contribution in [0.1, 0.15) is 27.2 Å². The molecule has 0 N–H and O–H groups in total. The number of hydrogen-bond donors (Lipinski definition) is 0. The van der Waals surface area contributed by atoms with Crippen LogP contribution in [0.5, 0.6) is 5.75 Å². The Morgan fingerprint density at radius 3 is 2.52 bits per heavy atom. The lowest BCUT2D eigenvalue weighted by Crippen LogP contribution is -2.25. The van der Waals surface area contributed by atoms with E-state index >= 15 is 0 Å². The first-order valence-electron chi connectivity index (χ1n) is 7.41. The zero-order valence-corrected chi connectivity index (χ0v) is 12.8. The molecule has 3 heteroatoms. The highest BCUT2D eigenvalue weighted by atomic mass is 16.6. The molecule has 0 aliphatic heterocycles. The van der Waals surface area contributed by atoms with Crippen molar-refractivity contribution < 1.29 is 14.3 Å². The minimum absolute atomic E-state index is 0.0564. The Labute approximate surface area is 125 Å². The van der Waals surface area contributed by atoms with E-state index in [1.165, 1.54) is 0 Å². The van der Waals surface area contributed by atoms with Gasteiger partial charge in [-0.1, -0.05) is 50.6 Å². The number of carbonyl (C=O) groups is 1. The molecule has 0 spiro atoms. The minimum atomic E-state index is -0.323. The average Bonchev–Trinajstić information content (AvgIpc) is 2.51. The molecular formula is C18H22O3. The van der Waals surface area contributed by atoms with Gasteiger partial charge in [-0.05, 0) is 35.7 Å². The van der Waals surface area contributed by atoms with Crippen molar-refractivity contribution >= 4 is 16.7 Å². The third kappa shape index (κ3) is 4.22. The van der Waals surface area contributed by atoms with Crippen LogP contribution < -0.4 is 4.74 Å². The van der Waals surface area contributed by atoms with Crippen LogP contribution in [0, 0.1) is 5.92 Å². The molecule has 0 aromatic heterocycles. The maximum atomic E-state index is 11.8. The SMILES string of the molecule is CCC(C)C(C)OC(=O)COc1ccc2ccccc2c1. The fraction of sp³-hybridized carbons (Fsp3) is 0.389. The van der Waals surface area contributed by atoms with Crippen molar-refractivity contribution in [3.63, 3.8) is 0 Å². The second kappa shape index (κ2) is 7.11. The van der Waals surface area contributed by atoms with Gasteiger partial charge in [0.1, 0.15) is 11.9 Å². The smallest absolute Gasteiger partial charge is 0.344 e. The largest absolute Gasteiger partial charge is 0.482 e. The molecule has 0 aliphatic carbocycles. The topological polar surface area (TPSA) is 35.5 Å². The minimum Gasteiger partial charge on any atom is -0.482 e. The number of esters is 1. The molecule has 2 aromatic rings. The molecule has 0 heterocycles. The van der Waals surface area contributed by atoms with E-state index < -0.39 is 0 Å². The zero-order chi connectivity index (χ0) is 15.2. The molecule has 112 valence electrons. The van der Waals surface area contributed by atoms with Crippen LogP contribution in [0.4, 0.5) is 0 Å². The lowest BCUT2D eigenvalue weighted by atomic mass is 10.0. The Balaban J connectivity index is 1.90. The van der Waals surface area contributed by atoms with Crippen LogP contribution in [0.25, 0.3) is 10.8 Å². The molecule has 3 nitrogen and oxygen atoms in total. The number of benzene rings is 2. The number of rotatable bonds is 6. The van der Waals surface area contributed by atoms with Crippen LogP contribution in [0.15, 0.2) is 42.5 Å². The molecule has 0 fully saturated rings. The standard InChI is InChI=1S/C18H22O3/c1-4-13(2)14(3)21-18(19)12-20-17-10-9-15-7-5-6-8-16(15)11-17/h5-11,13-14H,4,12H2,1-3H3. The summed E-state index contributed by atoms with van der Waals surface area (Å²) in [7, 11) is 0. The second-order valence-corrected chi connectivity index (χ2v) is 5.38. The monoisotopic (exact) mass is 286 g/mol. The van der Waals surface area contributed by atoms with Gasteiger partial charge < -0.3 is 9.47 Å². The van der Waals surface area contributed by atoms with Gasteiger partial charge in [0, 0.05) is 0 Å². The fourth-order valence-corrected chi connectivity index (χ4v) is 2.09. The molecule has 2 atom stereocenters. The van der Waals surface area contributed by atoms with Gasteiger partial charge in [-0.15, -0.1) is 0 Å². The van der Waals surface area contributed by atoms with Crippen molar-refractivity contribution in [3.05, 3.63) is 42.5 Å². The Morgan fingerprint density at radius 2 is 1.81 bits per heavy atom. The molecule has 2 unspecified atom stereocenters. The van der Waals surface area contributed by atoms with Crippen molar-refractivity contribution in [2.75, 3.05) is 6.61 Å². The molecule has 21 heavy (non-hydrogen) atoms. The number of ether oxygens (including phenoxy) is 2. The highest BCUT2D eigenvalue weighted by Crippen LogP contribution is 2.20. The van der Waals surface area contributed by atoms with Crippen molar-refractivity contribution in [1.29, 1.82) is 0 Å². The first-order valence-corrected chi connectivity index (χ1v) is 7.41. The highest BCUT2D eigenvalue weighted by molar-refractivity contribution is 5.83. The van der Waals surface area contributed by atoms with Gasteiger partial charge in [-0.25, -0.2) is 4.79 Å². The normalized spacial score (nSPS) is 13.7. The summed E-state index contributed by atoms with van der Waals surface area (Å²) in [6, 6.07) is 13.8. The first kappa shape index (κ1) is 15.4. The van der Waals surface area contributed by atoms with Crippen LogP contribution in [-0.2, 0) is 9.53 Å². The van der Waals surface area contributed by atoms with Crippen LogP contribution in [0.2, 0.25) is 0 Å². The summed E-state index contributed by atoms with van der Waals surface area (Å²) in [4.78, 5) is 11.8. The maximum absolute atomic E-state index is 11.8. The van der Waals surface area contributed by atoms with E-state index in [1.54, 1.807) is 0 Å². The van der Waals surface area contributed by atoms with Gasteiger partial charge in [-0.2, -0.15) is 0 Å². The second-order valence-electron chi connectivity index (χ2n) is 5.38. The summed E-state index contributed by atoms with van der Waals surface area (Å²) in [6.45, 7) is 6.02. The van der Waals surface area contributed by atoms with Gasteiger partial charge >= 0.3 is 5.97 Å². The Hall–Kier alpha value is -2.03. The van der Waals surface area contributed by atoms with E-state index in [2.05, 4.69) is 13.8 Å². The Kier molecular flexibility index (Phi) is 5.20. The van der Waals surface area contributed by atoms with E-state index in [0.29, 0.717) is 11.7 Å². The molecule has 0 radical (unpaired) electrons. The third-order valence-corrected chi connectivity index (χ3v) is 3.84. The quantitative estimate of drug-likeness (QED) is 0.747. The van der Waals surface area contributed by atoms with E-state index in [9.17, 15) is 4.79 Å². The summed E-state index contributed by atoms with van der Waals surface area (Å²) < 4.78 is 10.9. The highest BCUT2D eigenvalue weighted by Gasteiger charge is 2.15. The van der Waals surface area contributed by atoms with Crippen molar-refractivity contribution in [2.45, 2.75) is 33.3 Å². The van der Waals surface area contributed by atoms with Crippen LogP contribution in [-0.4, -0.2) is 18.7 Å². The maximum Gasteiger partial charge on any atom is 0.344 e. The summed E-state index contributed by atoms with van der Waals surface area (Å²) in [5.41, 5.74) is 0. The number of carbonyl (C=O) groups excluding carboxylic acids is 1. The van der Waals surface area contributed by atoms with Crippen molar-refractivity contribution in [3.8, 4) is 5.75 Å². The lowest BCUT2D eigenvalue weighted by molar-refractivity contribution is -0.152. The summed E-state index contributed by atoms with van der Waals surface area (Å²) in [5.74, 6) is 0.715. The van der Waals surface area contributed by atoms with Gasteiger partial charge in [0.05, 0.1) is 0 Å². The Morgan fingerprint density at radius 1 is 1.10 bits per heavy atom. The molecule has 0 amide bonds. The van der Waals surface area contributed by atoms with Crippen molar-refractivity contribution in [2.24, 2.45) is 5.92 Å². The predicted octanol–water partition coefficient (Wildman–Crippen LogP) is 4.20. The molecule has 2 rings (SSSR count). The first-order chi connectivity index (χ1) is 10.1. The summed E-state index contributed by atoms with van der Waals surface area (Å²) >= 11 is 0. The van der Waals surface area contributed by atoms with Gasteiger partial charge in [-0.3, -0.25) is 0 Å². The average molecular weight is 286 g/mol. The van der Waals surface area contributed by atoms with E-state index in [0.717, 1.165) is 17.2 Å². The van der Waals surface area contributed by atoms with Gasteiger partial charge in [0.2, 0.25) is 0 Å². The summed E-state index contributed by atoms with van der Waals surface area (Å²) in [6.07, 6.45) is 0.905. The number of hydrogen-bond acceptors (Lipinski definition) is 3. The van der Waals surface area contributed by atoms with E-state index in [1.807, 2.05) is 49.4 Å². The molecule has 2 aromatic carbocycles. The van der Waals surface area contributed by atoms with Crippen LogP contribution in [0.3, 0.4) is 0 Å². The van der Waals surface area contributed by atoms with Gasteiger partial charge in [0.15, 0.2) is 6.61 Å². The Bertz CT molecular complexity index is 606. The summed E-state index contributed by atoms with van der Waals surface area (Å²) in [5, 5.41) is 2.24. The van der Waals surface area contributed by atoms with Gasteiger partial charge in [0.25, 0.3) is 0 Å². The van der Waals surface area contributed by atoms with E-state index in [-0.39, 0.29) is 18.7 Å². The van der Waals surface area contributed by atoms with E-state index in [4.69, 9.17) is 9.47 Å². The zero-order valence-electron chi connectivity index (χ0n) is 12.8. The lowest BCUT2D eigenvalue weighted by Gasteiger charge is -2.19.